The summed E-state index contributed by atoms with van der Waals surface area (Å²) in [4.78, 5) is 14.1. The fraction of sp³-hybridized carbons (Fsp3) is 0.500. The number of nitrogens with zero attached hydrogens (tertiary/aromatic N) is 2. The largest absolute Gasteiger partial charge is 0.493 e. The van der Waals surface area contributed by atoms with Crippen molar-refractivity contribution in [1.82, 2.24) is 9.97 Å². The molecular weight excluding hydrogens is 424 g/mol. The first-order valence-electron chi connectivity index (χ1n) is 11.4. The van der Waals surface area contributed by atoms with E-state index in [1.165, 1.54) is 27.1 Å². The van der Waals surface area contributed by atoms with Gasteiger partial charge >= 0.3 is 0 Å². The fourth-order valence-electron chi connectivity index (χ4n) is 4.67. The Hall–Kier alpha value is -2.42. The van der Waals surface area contributed by atoms with Crippen molar-refractivity contribution in [3.8, 4) is 11.5 Å². The van der Waals surface area contributed by atoms with E-state index in [2.05, 4.69) is 12.2 Å². The van der Waals surface area contributed by atoms with E-state index in [4.69, 9.17) is 24.2 Å². The maximum atomic E-state index is 5.52. The molecule has 8 heteroatoms. The van der Waals surface area contributed by atoms with E-state index < -0.39 is 0 Å². The number of fused-ring (bicyclic) bond motifs is 3. The van der Waals surface area contributed by atoms with E-state index in [9.17, 15) is 0 Å². The maximum absolute atomic E-state index is 5.52. The molecule has 0 spiro atoms. The molecule has 1 aliphatic carbocycles. The highest BCUT2D eigenvalue weighted by Crippen LogP contribution is 2.41. The molecule has 1 aromatic carbocycles. The molecule has 0 bridgehead atoms. The molecule has 1 saturated heterocycles. The first-order chi connectivity index (χ1) is 15.6. The first kappa shape index (κ1) is 21.4. The Bertz CT molecular complexity index is 1110. The minimum atomic E-state index is 0.696. The van der Waals surface area contributed by atoms with Gasteiger partial charge in [-0.15, -0.1) is 11.3 Å². The molecule has 5 rings (SSSR count). The molecule has 1 fully saturated rings. The quantitative estimate of drug-likeness (QED) is 0.596. The summed E-state index contributed by atoms with van der Waals surface area (Å²) in [6.45, 7) is 6.77. The van der Waals surface area contributed by atoms with Gasteiger partial charge in [-0.25, -0.2) is 9.97 Å². The molecule has 2 aliphatic rings. The van der Waals surface area contributed by atoms with Crippen molar-refractivity contribution in [1.29, 1.82) is 0 Å². The average molecular weight is 456 g/mol. The SMILES string of the molecule is COc1ccc(Nc2nc(C[NH+]3CCOCC3)nc3sc4c(c23)CC[C@@H](C)C4)cc1OC. The van der Waals surface area contributed by atoms with Crippen molar-refractivity contribution in [2.45, 2.75) is 32.7 Å². The molecule has 0 amide bonds. The second-order valence-corrected chi connectivity index (χ2v) is 9.84. The topological polar surface area (TPSA) is 69.9 Å². The molecule has 32 heavy (non-hydrogen) atoms. The first-order valence-corrected chi connectivity index (χ1v) is 12.2. The highest BCUT2D eigenvalue weighted by atomic mass is 32.1. The van der Waals surface area contributed by atoms with E-state index in [1.54, 1.807) is 14.2 Å². The molecule has 2 N–H and O–H groups in total. The summed E-state index contributed by atoms with van der Waals surface area (Å²) in [6.07, 6.45) is 3.44. The van der Waals surface area contributed by atoms with Crippen LogP contribution in [-0.2, 0) is 24.1 Å². The third-order valence-electron chi connectivity index (χ3n) is 6.46. The van der Waals surface area contributed by atoms with Gasteiger partial charge in [0, 0.05) is 16.6 Å². The van der Waals surface area contributed by atoms with Crippen molar-refractivity contribution in [2.24, 2.45) is 5.92 Å². The smallest absolute Gasteiger partial charge is 0.187 e. The van der Waals surface area contributed by atoms with E-state index in [-0.39, 0.29) is 0 Å². The van der Waals surface area contributed by atoms with Crippen LogP contribution in [0.5, 0.6) is 11.5 Å². The van der Waals surface area contributed by atoms with Gasteiger partial charge in [0.05, 0.1) is 32.8 Å². The second-order valence-electron chi connectivity index (χ2n) is 8.75. The minimum absolute atomic E-state index is 0.696. The molecule has 0 unspecified atom stereocenters. The highest BCUT2D eigenvalue weighted by molar-refractivity contribution is 7.19. The number of morpholine rings is 1. The lowest BCUT2D eigenvalue weighted by Gasteiger charge is -2.23. The van der Waals surface area contributed by atoms with Crippen LogP contribution >= 0.6 is 11.3 Å². The minimum Gasteiger partial charge on any atom is -0.493 e. The zero-order chi connectivity index (χ0) is 22.1. The van der Waals surface area contributed by atoms with Crippen LogP contribution in [0.15, 0.2) is 18.2 Å². The number of quaternary nitrogens is 1. The van der Waals surface area contributed by atoms with Gasteiger partial charge in [-0.05, 0) is 42.9 Å². The molecule has 3 aromatic rings. The molecule has 1 aliphatic heterocycles. The summed E-state index contributed by atoms with van der Waals surface area (Å²) in [5.74, 6) is 3.93. The zero-order valence-electron chi connectivity index (χ0n) is 19.0. The third kappa shape index (κ3) is 4.27. The molecule has 3 heterocycles. The van der Waals surface area contributed by atoms with Crippen LogP contribution in [0.4, 0.5) is 11.5 Å². The number of anilines is 2. The summed E-state index contributed by atoms with van der Waals surface area (Å²) < 4.78 is 16.4. The molecular formula is C24H31N4O3S+. The van der Waals surface area contributed by atoms with Crippen LogP contribution in [0.1, 0.15) is 29.6 Å². The Kier molecular flexibility index (Phi) is 6.17. The van der Waals surface area contributed by atoms with Gasteiger partial charge in [0.25, 0.3) is 0 Å². The molecule has 0 saturated carbocycles. The third-order valence-corrected chi connectivity index (χ3v) is 7.60. The van der Waals surface area contributed by atoms with Crippen LogP contribution in [-0.4, -0.2) is 50.5 Å². The van der Waals surface area contributed by atoms with Gasteiger partial charge in [0.1, 0.15) is 30.3 Å². The van der Waals surface area contributed by atoms with Crippen molar-refractivity contribution in [3.05, 3.63) is 34.5 Å². The number of rotatable bonds is 6. The normalized spacial score (nSPS) is 19.0. The number of hydrogen-bond acceptors (Lipinski definition) is 7. The lowest BCUT2D eigenvalue weighted by Crippen LogP contribution is -3.12. The lowest BCUT2D eigenvalue weighted by molar-refractivity contribution is -0.922. The number of benzene rings is 1. The van der Waals surface area contributed by atoms with Crippen molar-refractivity contribution < 1.29 is 19.1 Å². The Morgan fingerprint density at radius 3 is 2.75 bits per heavy atom. The predicted molar refractivity (Wildman–Crippen MR) is 127 cm³/mol. The second kappa shape index (κ2) is 9.21. The Morgan fingerprint density at radius 2 is 1.97 bits per heavy atom. The Balaban J connectivity index is 1.55. The van der Waals surface area contributed by atoms with Gasteiger partial charge < -0.3 is 24.4 Å². The van der Waals surface area contributed by atoms with E-state index in [1.807, 2.05) is 29.5 Å². The zero-order valence-corrected chi connectivity index (χ0v) is 19.8. The van der Waals surface area contributed by atoms with Crippen LogP contribution in [0.25, 0.3) is 10.2 Å². The summed E-state index contributed by atoms with van der Waals surface area (Å²) >= 11 is 1.85. The van der Waals surface area contributed by atoms with Gasteiger partial charge in [-0.3, -0.25) is 0 Å². The van der Waals surface area contributed by atoms with Crippen molar-refractivity contribution >= 4 is 33.1 Å². The molecule has 1 atom stereocenters. The molecule has 0 radical (unpaired) electrons. The standard InChI is InChI=1S/C24H30N4O3S/c1-15-4-6-17-20(12-15)32-24-22(17)23(25-16-5-7-18(29-2)19(13-16)30-3)26-21(27-24)14-28-8-10-31-11-9-28/h5,7,13,15H,4,6,8-12,14H2,1-3H3,(H,25,26,27)/p+1/t15-/m1/s1. The van der Waals surface area contributed by atoms with Gasteiger partial charge in [0.2, 0.25) is 0 Å². The Labute approximate surface area is 192 Å². The Morgan fingerprint density at radius 1 is 1.16 bits per heavy atom. The average Bonchev–Trinajstić information content (AvgIpc) is 3.17. The summed E-state index contributed by atoms with van der Waals surface area (Å²) in [5.41, 5.74) is 2.35. The number of hydrogen-bond donors (Lipinski definition) is 2. The number of thiophene rings is 1. The number of aromatic nitrogens is 2. The molecule has 7 nitrogen and oxygen atoms in total. The van der Waals surface area contributed by atoms with E-state index >= 15 is 0 Å². The van der Waals surface area contributed by atoms with Crippen molar-refractivity contribution in [3.63, 3.8) is 0 Å². The fourth-order valence-corrected chi connectivity index (χ4v) is 6.07. The van der Waals surface area contributed by atoms with Gasteiger partial charge in [-0.2, -0.15) is 0 Å². The van der Waals surface area contributed by atoms with Crippen LogP contribution in [0.3, 0.4) is 0 Å². The van der Waals surface area contributed by atoms with Crippen LogP contribution in [0.2, 0.25) is 0 Å². The summed E-state index contributed by atoms with van der Waals surface area (Å²) in [6, 6.07) is 5.88. The van der Waals surface area contributed by atoms with Crippen LogP contribution < -0.4 is 19.7 Å². The van der Waals surface area contributed by atoms with Crippen LogP contribution in [0, 0.1) is 5.92 Å². The number of nitrogens with one attached hydrogen (secondary N) is 2. The highest BCUT2D eigenvalue weighted by Gasteiger charge is 2.25. The van der Waals surface area contributed by atoms with E-state index in [0.29, 0.717) is 11.5 Å². The van der Waals surface area contributed by atoms with Gasteiger partial charge in [-0.1, -0.05) is 6.92 Å². The number of aryl methyl sites for hydroxylation is 1. The predicted octanol–water partition coefficient (Wildman–Crippen LogP) is 2.99. The van der Waals surface area contributed by atoms with Crippen molar-refractivity contribution in [2.75, 3.05) is 45.8 Å². The maximum Gasteiger partial charge on any atom is 0.187 e. The lowest BCUT2D eigenvalue weighted by atomic mass is 9.89. The molecule has 170 valence electrons. The van der Waals surface area contributed by atoms with Gasteiger partial charge in [0.15, 0.2) is 17.3 Å². The number of ether oxygens (including phenoxy) is 3. The summed E-state index contributed by atoms with van der Waals surface area (Å²) in [5, 5.41) is 4.77. The van der Waals surface area contributed by atoms with E-state index in [0.717, 1.165) is 73.8 Å². The summed E-state index contributed by atoms with van der Waals surface area (Å²) in [7, 11) is 3.31. The monoisotopic (exact) mass is 455 g/mol. The number of methoxy groups -OCH3 is 2. The molecule has 2 aromatic heterocycles.